The third-order valence-electron chi connectivity index (χ3n) is 5.81. The standard InChI is InChI=1S/C20H29N3O2.ClH/c1-14-5-2-3-7-17(14)19(24)22-16-9-11-23(12-10-16)20(25)18-8-4-6-15(18)13-21;/h2-3,5,7,15-16,18H,4,6,8-13,21H2,1H3,(H,22,24);1H/t15-,18-;/m1./s1. The minimum absolute atomic E-state index is 0. The summed E-state index contributed by atoms with van der Waals surface area (Å²) in [6.45, 7) is 4.02. The molecule has 3 rings (SSSR count). The zero-order valence-electron chi connectivity index (χ0n) is 15.4. The maximum Gasteiger partial charge on any atom is 0.251 e. The van der Waals surface area contributed by atoms with Crippen LogP contribution in [0.5, 0.6) is 0 Å². The minimum atomic E-state index is -0.0122. The highest BCUT2D eigenvalue weighted by Crippen LogP contribution is 2.33. The quantitative estimate of drug-likeness (QED) is 0.843. The largest absolute Gasteiger partial charge is 0.349 e. The van der Waals surface area contributed by atoms with Crippen LogP contribution in [0.3, 0.4) is 0 Å². The van der Waals surface area contributed by atoms with Gasteiger partial charge in [0.1, 0.15) is 0 Å². The SMILES string of the molecule is Cc1ccccc1C(=O)NC1CCN(C(=O)[C@@H]2CCC[C@@H]2CN)CC1.Cl. The number of piperidine rings is 1. The minimum Gasteiger partial charge on any atom is -0.349 e. The highest BCUT2D eigenvalue weighted by atomic mass is 35.5. The number of aryl methyl sites for hydroxylation is 1. The Morgan fingerprint density at radius 2 is 1.85 bits per heavy atom. The average Bonchev–Trinajstić information content (AvgIpc) is 3.11. The van der Waals surface area contributed by atoms with Crippen molar-refractivity contribution >= 4 is 24.2 Å². The molecule has 1 aromatic rings. The van der Waals surface area contributed by atoms with Crippen molar-refractivity contribution < 1.29 is 9.59 Å². The lowest BCUT2D eigenvalue weighted by Crippen LogP contribution is -2.48. The second-order valence-corrected chi connectivity index (χ2v) is 7.42. The van der Waals surface area contributed by atoms with Gasteiger partial charge in [0.05, 0.1) is 0 Å². The molecule has 1 aliphatic heterocycles. The molecule has 6 heteroatoms. The summed E-state index contributed by atoms with van der Waals surface area (Å²) >= 11 is 0. The first kappa shape index (κ1) is 20.7. The van der Waals surface area contributed by atoms with Crippen molar-refractivity contribution in [2.24, 2.45) is 17.6 Å². The molecule has 3 N–H and O–H groups in total. The number of halogens is 1. The van der Waals surface area contributed by atoms with Crippen LogP contribution in [0.15, 0.2) is 24.3 Å². The molecule has 0 aromatic heterocycles. The van der Waals surface area contributed by atoms with Crippen LogP contribution in [0.4, 0.5) is 0 Å². The fraction of sp³-hybridized carbons (Fsp3) is 0.600. The first-order valence-electron chi connectivity index (χ1n) is 9.45. The number of carbonyl (C=O) groups excluding carboxylic acids is 2. The van der Waals surface area contributed by atoms with Crippen LogP contribution in [-0.4, -0.2) is 42.4 Å². The van der Waals surface area contributed by atoms with Gasteiger partial charge in [0.15, 0.2) is 0 Å². The van der Waals surface area contributed by atoms with E-state index in [2.05, 4.69) is 5.32 Å². The normalized spacial score (nSPS) is 23.4. The average molecular weight is 380 g/mol. The van der Waals surface area contributed by atoms with Crippen LogP contribution >= 0.6 is 12.4 Å². The summed E-state index contributed by atoms with van der Waals surface area (Å²) in [4.78, 5) is 27.2. The fourth-order valence-corrected chi connectivity index (χ4v) is 4.21. The van der Waals surface area contributed by atoms with E-state index < -0.39 is 0 Å². The molecule has 1 saturated heterocycles. The van der Waals surface area contributed by atoms with Gasteiger partial charge in [-0.05, 0) is 56.7 Å². The molecule has 2 atom stereocenters. The monoisotopic (exact) mass is 379 g/mol. The second kappa shape index (κ2) is 9.38. The second-order valence-electron chi connectivity index (χ2n) is 7.42. The third kappa shape index (κ3) is 4.57. The molecule has 26 heavy (non-hydrogen) atoms. The molecule has 2 amide bonds. The lowest BCUT2D eigenvalue weighted by atomic mass is 9.93. The Hall–Kier alpha value is -1.59. The van der Waals surface area contributed by atoms with Gasteiger partial charge in [-0.2, -0.15) is 0 Å². The van der Waals surface area contributed by atoms with Gasteiger partial charge in [-0.3, -0.25) is 9.59 Å². The number of nitrogens with zero attached hydrogens (tertiary/aromatic N) is 1. The van der Waals surface area contributed by atoms with Crippen molar-refractivity contribution in [2.75, 3.05) is 19.6 Å². The molecule has 0 bridgehead atoms. The van der Waals surface area contributed by atoms with Crippen molar-refractivity contribution in [3.8, 4) is 0 Å². The number of amides is 2. The molecular weight excluding hydrogens is 350 g/mol. The Bertz CT molecular complexity index is 629. The van der Waals surface area contributed by atoms with E-state index in [-0.39, 0.29) is 36.2 Å². The van der Waals surface area contributed by atoms with Crippen molar-refractivity contribution in [1.29, 1.82) is 0 Å². The maximum absolute atomic E-state index is 12.7. The summed E-state index contributed by atoms with van der Waals surface area (Å²) in [6.07, 6.45) is 4.81. The zero-order chi connectivity index (χ0) is 17.8. The van der Waals surface area contributed by atoms with Gasteiger partial charge >= 0.3 is 0 Å². The van der Waals surface area contributed by atoms with Crippen molar-refractivity contribution in [1.82, 2.24) is 10.2 Å². The van der Waals surface area contributed by atoms with E-state index in [0.717, 1.165) is 56.3 Å². The van der Waals surface area contributed by atoms with Crippen molar-refractivity contribution in [3.05, 3.63) is 35.4 Å². The Morgan fingerprint density at radius 3 is 2.50 bits per heavy atom. The highest BCUT2D eigenvalue weighted by molar-refractivity contribution is 5.95. The van der Waals surface area contributed by atoms with Crippen LogP contribution in [0, 0.1) is 18.8 Å². The molecule has 1 aromatic carbocycles. The van der Waals surface area contributed by atoms with Gasteiger partial charge in [0, 0.05) is 30.6 Å². The Morgan fingerprint density at radius 1 is 1.15 bits per heavy atom. The summed E-state index contributed by atoms with van der Waals surface area (Å²) in [5.74, 6) is 0.729. The summed E-state index contributed by atoms with van der Waals surface area (Å²) in [5, 5.41) is 3.13. The van der Waals surface area contributed by atoms with Crippen molar-refractivity contribution in [2.45, 2.75) is 45.1 Å². The molecular formula is C20H30ClN3O2. The van der Waals surface area contributed by atoms with Crippen LogP contribution in [0.1, 0.15) is 48.0 Å². The summed E-state index contributed by atoms with van der Waals surface area (Å²) in [5.41, 5.74) is 7.54. The van der Waals surface area contributed by atoms with Crippen LogP contribution in [0.2, 0.25) is 0 Å². The van der Waals surface area contributed by atoms with Gasteiger partial charge < -0.3 is 16.0 Å². The summed E-state index contributed by atoms with van der Waals surface area (Å²) < 4.78 is 0. The van der Waals surface area contributed by atoms with E-state index in [9.17, 15) is 9.59 Å². The molecule has 0 radical (unpaired) electrons. The molecule has 144 valence electrons. The number of hydrogen-bond donors (Lipinski definition) is 2. The van der Waals surface area contributed by atoms with E-state index in [0.29, 0.717) is 12.5 Å². The molecule has 0 spiro atoms. The molecule has 1 aliphatic carbocycles. The number of rotatable bonds is 4. The number of nitrogens with two attached hydrogens (primary N) is 1. The van der Waals surface area contributed by atoms with Gasteiger partial charge in [-0.15, -0.1) is 12.4 Å². The Kier molecular flexibility index (Phi) is 7.47. The molecule has 1 saturated carbocycles. The third-order valence-corrected chi connectivity index (χ3v) is 5.81. The zero-order valence-corrected chi connectivity index (χ0v) is 16.3. The number of carbonyl (C=O) groups is 2. The van der Waals surface area contributed by atoms with Gasteiger partial charge in [-0.1, -0.05) is 24.6 Å². The van der Waals surface area contributed by atoms with E-state index in [4.69, 9.17) is 5.73 Å². The number of likely N-dealkylation sites (tertiary alicyclic amines) is 1. The number of nitrogens with one attached hydrogen (secondary N) is 1. The predicted molar refractivity (Wildman–Crippen MR) is 105 cm³/mol. The lowest BCUT2D eigenvalue weighted by molar-refractivity contribution is -0.137. The van der Waals surface area contributed by atoms with Gasteiger partial charge in [0.25, 0.3) is 5.91 Å². The van der Waals surface area contributed by atoms with Crippen LogP contribution in [0.25, 0.3) is 0 Å². The van der Waals surface area contributed by atoms with E-state index >= 15 is 0 Å². The fourth-order valence-electron chi connectivity index (χ4n) is 4.21. The summed E-state index contributed by atoms with van der Waals surface area (Å²) in [7, 11) is 0. The van der Waals surface area contributed by atoms with Crippen LogP contribution < -0.4 is 11.1 Å². The van der Waals surface area contributed by atoms with Crippen LogP contribution in [-0.2, 0) is 4.79 Å². The lowest BCUT2D eigenvalue weighted by Gasteiger charge is -2.35. The Balaban J connectivity index is 0.00000243. The molecule has 2 fully saturated rings. The van der Waals surface area contributed by atoms with Crippen molar-refractivity contribution in [3.63, 3.8) is 0 Å². The maximum atomic E-state index is 12.7. The topological polar surface area (TPSA) is 75.4 Å². The van der Waals surface area contributed by atoms with Gasteiger partial charge in [0.2, 0.25) is 5.91 Å². The highest BCUT2D eigenvalue weighted by Gasteiger charge is 2.36. The number of hydrogen-bond acceptors (Lipinski definition) is 3. The first-order chi connectivity index (χ1) is 12.1. The van der Waals surface area contributed by atoms with Gasteiger partial charge in [-0.25, -0.2) is 0 Å². The molecule has 1 heterocycles. The Labute approximate surface area is 162 Å². The van der Waals surface area contributed by atoms with E-state index in [1.54, 1.807) is 0 Å². The first-order valence-corrected chi connectivity index (χ1v) is 9.45. The summed E-state index contributed by atoms with van der Waals surface area (Å²) in [6, 6.07) is 7.78. The predicted octanol–water partition coefficient (Wildman–Crippen LogP) is 2.51. The molecule has 2 aliphatic rings. The molecule has 0 unspecified atom stereocenters. The van der Waals surface area contributed by atoms with E-state index in [1.807, 2.05) is 36.1 Å². The smallest absolute Gasteiger partial charge is 0.251 e. The van der Waals surface area contributed by atoms with E-state index in [1.165, 1.54) is 0 Å². The molecule has 5 nitrogen and oxygen atoms in total. The number of benzene rings is 1.